The maximum atomic E-state index is 11.5. The largest absolute Gasteiger partial charge is 0.494 e. The van der Waals surface area contributed by atoms with Crippen molar-refractivity contribution in [3.8, 4) is 5.75 Å². The highest BCUT2D eigenvalue weighted by atomic mass is 16.5. The van der Waals surface area contributed by atoms with Crippen LogP contribution in [0.2, 0.25) is 0 Å². The number of fused-ring (bicyclic) bond motifs is 1. The third-order valence-corrected chi connectivity index (χ3v) is 5.03. The van der Waals surface area contributed by atoms with Gasteiger partial charge in [-0.2, -0.15) is 0 Å². The molecule has 1 N–H and O–H groups in total. The molecule has 1 aromatic rings. The van der Waals surface area contributed by atoms with E-state index >= 15 is 0 Å². The Balaban J connectivity index is 1.36. The van der Waals surface area contributed by atoms with Crippen molar-refractivity contribution in [1.82, 2.24) is 10.2 Å². The monoisotopic (exact) mass is 302 g/mol. The van der Waals surface area contributed by atoms with E-state index in [2.05, 4.69) is 10.2 Å². The van der Waals surface area contributed by atoms with Gasteiger partial charge in [-0.25, -0.2) is 0 Å². The van der Waals surface area contributed by atoms with Crippen LogP contribution in [0.4, 0.5) is 0 Å². The molecular weight excluding hydrogens is 276 g/mol. The Morgan fingerprint density at radius 1 is 1.23 bits per heavy atom. The number of rotatable bonds is 6. The Bertz CT molecular complexity index is 488. The number of ether oxygens (including phenoxy) is 1. The van der Waals surface area contributed by atoms with Gasteiger partial charge < -0.3 is 15.0 Å². The lowest BCUT2D eigenvalue weighted by Crippen LogP contribution is -2.24. The number of benzene rings is 1. The van der Waals surface area contributed by atoms with Gasteiger partial charge in [0.05, 0.1) is 6.61 Å². The maximum Gasteiger partial charge on any atom is 0.251 e. The second kappa shape index (κ2) is 7.14. The summed E-state index contributed by atoms with van der Waals surface area (Å²) in [7, 11) is 1.64. The SMILES string of the molecule is CNC(=O)c1ccc(OCCCN2C[C@H]3CCC[C@H]3C2)cc1. The third-order valence-electron chi connectivity index (χ3n) is 5.03. The van der Waals surface area contributed by atoms with E-state index in [1.807, 2.05) is 12.1 Å². The van der Waals surface area contributed by atoms with Gasteiger partial charge in [0.1, 0.15) is 5.75 Å². The summed E-state index contributed by atoms with van der Waals surface area (Å²) < 4.78 is 5.77. The van der Waals surface area contributed by atoms with Crippen LogP contribution in [0.25, 0.3) is 0 Å². The van der Waals surface area contributed by atoms with Crippen molar-refractivity contribution in [2.45, 2.75) is 25.7 Å². The van der Waals surface area contributed by atoms with Crippen molar-refractivity contribution in [2.75, 3.05) is 33.3 Å². The van der Waals surface area contributed by atoms with Gasteiger partial charge in [0.25, 0.3) is 5.91 Å². The van der Waals surface area contributed by atoms with Crippen molar-refractivity contribution < 1.29 is 9.53 Å². The summed E-state index contributed by atoms with van der Waals surface area (Å²) in [4.78, 5) is 14.1. The van der Waals surface area contributed by atoms with Crippen LogP contribution in [0.15, 0.2) is 24.3 Å². The summed E-state index contributed by atoms with van der Waals surface area (Å²) in [5.74, 6) is 2.72. The van der Waals surface area contributed by atoms with Crippen LogP contribution < -0.4 is 10.1 Å². The summed E-state index contributed by atoms with van der Waals surface area (Å²) in [6.07, 6.45) is 5.39. The third kappa shape index (κ3) is 3.61. The topological polar surface area (TPSA) is 41.6 Å². The first-order valence-corrected chi connectivity index (χ1v) is 8.43. The molecule has 1 saturated carbocycles. The molecule has 2 fully saturated rings. The fourth-order valence-corrected chi connectivity index (χ4v) is 3.84. The number of amides is 1. The van der Waals surface area contributed by atoms with Crippen LogP contribution in [-0.4, -0.2) is 44.1 Å². The van der Waals surface area contributed by atoms with Crippen LogP contribution in [0.1, 0.15) is 36.0 Å². The first-order chi connectivity index (χ1) is 10.8. The van der Waals surface area contributed by atoms with Crippen LogP contribution in [0.5, 0.6) is 5.75 Å². The second-order valence-corrected chi connectivity index (χ2v) is 6.52. The van der Waals surface area contributed by atoms with E-state index in [1.54, 1.807) is 19.2 Å². The van der Waals surface area contributed by atoms with E-state index in [0.29, 0.717) is 5.56 Å². The van der Waals surface area contributed by atoms with Crippen molar-refractivity contribution >= 4 is 5.91 Å². The molecule has 0 unspecified atom stereocenters. The van der Waals surface area contributed by atoms with Gasteiger partial charge in [0.2, 0.25) is 0 Å². The highest BCUT2D eigenvalue weighted by Gasteiger charge is 2.35. The molecule has 22 heavy (non-hydrogen) atoms. The quantitative estimate of drug-likeness (QED) is 0.821. The Hall–Kier alpha value is -1.55. The zero-order valence-electron chi connectivity index (χ0n) is 13.4. The highest BCUT2D eigenvalue weighted by molar-refractivity contribution is 5.94. The van der Waals surface area contributed by atoms with E-state index in [9.17, 15) is 4.79 Å². The summed E-state index contributed by atoms with van der Waals surface area (Å²) in [6.45, 7) is 4.48. The summed E-state index contributed by atoms with van der Waals surface area (Å²) in [5, 5.41) is 2.62. The number of nitrogens with one attached hydrogen (secondary N) is 1. The first-order valence-electron chi connectivity index (χ1n) is 8.43. The lowest BCUT2D eigenvalue weighted by atomic mass is 10.0. The van der Waals surface area contributed by atoms with Gasteiger partial charge in [-0.05, 0) is 55.4 Å². The fraction of sp³-hybridized carbons (Fsp3) is 0.611. The van der Waals surface area contributed by atoms with E-state index in [-0.39, 0.29) is 5.91 Å². The lowest BCUT2D eigenvalue weighted by molar-refractivity contribution is 0.0963. The number of hydrogen-bond acceptors (Lipinski definition) is 3. The molecule has 0 radical (unpaired) electrons. The summed E-state index contributed by atoms with van der Waals surface area (Å²) >= 11 is 0. The molecule has 1 aromatic carbocycles. The average molecular weight is 302 g/mol. The molecule has 4 heteroatoms. The minimum Gasteiger partial charge on any atom is -0.494 e. The second-order valence-electron chi connectivity index (χ2n) is 6.52. The fourth-order valence-electron chi connectivity index (χ4n) is 3.84. The van der Waals surface area contributed by atoms with Crippen LogP contribution >= 0.6 is 0 Å². The standard InChI is InChI=1S/C18H26N2O2/c1-19-18(21)14-6-8-17(9-7-14)22-11-3-10-20-12-15-4-2-5-16(15)13-20/h6-9,15-16H,2-5,10-13H2,1H3,(H,19,21)/t15-,16+. The molecule has 0 bridgehead atoms. The van der Waals surface area contributed by atoms with E-state index < -0.39 is 0 Å². The molecular formula is C18H26N2O2. The van der Waals surface area contributed by atoms with Crippen molar-refractivity contribution in [2.24, 2.45) is 11.8 Å². The zero-order valence-corrected chi connectivity index (χ0v) is 13.4. The number of hydrogen-bond donors (Lipinski definition) is 1. The molecule has 3 rings (SSSR count). The van der Waals surface area contributed by atoms with Crippen molar-refractivity contribution in [1.29, 1.82) is 0 Å². The summed E-state index contributed by atoms with van der Waals surface area (Å²) in [5.41, 5.74) is 0.665. The van der Waals surface area contributed by atoms with Gasteiger partial charge in [0.15, 0.2) is 0 Å². The molecule has 1 aliphatic carbocycles. The summed E-state index contributed by atoms with van der Waals surface area (Å²) in [6, 6.07) is 7.33. The van der Waals surface area contributed by atoms with Crippen LogP contribution in [0.3, 0.4) is 0 Å². The van der Waals surface area contributed by atoms with Crippen molar-refractivity contribution in [3.05, 3.63) is 29.8 Å². The lowest BCUT2D eigenvalue weighted by Gasteiger charge is -2.16. The first kappa shape index (κ1) is 15.3. The molecule has 2 atom stereocenters. The Morgan fingerprint density at radius 2 is 1.91 bits per heavy atom. The Kier molecular flexibility index (Phi) is 4.98. The van der Waals surface area contributed by atoms with Crippen LogP contribution in [-0.2, 0) is 0 Å². The Labute approximate surface area is 132 Å². The van der Waals surface area contributed by atoms with Crippen molar-refractivity contribution in [3.63, 3.8) is 0 Å². The molecule has 120 valence electrons. The predicted octanol–water partition coefficient (Wildman–Crippen LogP) is 2.55. The van der Waals surface area contributed by atoms with Gasteiger partial charge in [-0.3, -0.25) is 4.79 Å². The number of nitrogens with zero attached hydrogens (tertiary/aromatic N) is 1. The van der Waals surface area contributed by atoms with Gasteiger partial charge >= 0.3 is 0 Å². The molecule has 1 amide bonds. The van der Waals surface area contributed by atoms with Crippen LogP contribution in [0, 0.1) is 11.8 Å². The Morgan fingerprint density at radius 3 is 2.55 bits per heavy atom. The predicted molar refractivity (Wildman–Crippen MR) is 87.2 cm³/mol. The number of carbonyl (C=O) groups is 1. The van der Waals surface area contributed by atoms with Gasteiger partial charge in [-0.1, -0.05) is 6.42 Å². The molecule has 2 aliphatic rings. The molecule has 1 heterocycles. The average Bonchev–Trinajstić information content (AvgIpc) is 3.13. The van der Waals surface area contributed by atoms with E-state index in [4.69, 9.17) is 4.74 Å². The van der Waals surface area contributed by atoms with Gasteiger partial charge in [0, 0.05) is 32.2 Å². The maximum absolute atomic E-state index is 11.5. The number of carbonyl (C=O) groups excluding carboxylic acids is 1. The molecule has 4 nitrogen and oxygen atoms in total. The van der Waals surface area contributed by atoms with Gasteiger partial charge in [-0.15, -0.1) is 0 Å². The normalized spacial score (nSPS) is 24.2. The smallest absolute Gasteiger partial charge is 0.251 e. The molecule has 0 aromatic heterocycles. The molecule has 1 saturated heterocycles. The zero-order chi connectivity index (χ0) is 15.4. The highest BCUT2D eigenvalue weighted by Crippen LogP contribution is 2.37. The van der Waals surface area contributed by atoms with E-state index in [0.717, 1.165) is 37.2 Å². The molecule has 1 aliphatic heterocycles. The van der Waals surface area contributed by atoms with E-state index in [1.165, 1.54) is 32.4 Å². The minimum atomic E-state index is -0.0638. The molecule has 0 spiro atoms. The number of likely N-dealkylation sites (tertiary alicyclic amines) is 1. The minimum absolute atomic E-state index is 0.0638.